The van der Waals surface area contributed by atoms with Crippen LogP contribution in [0.4, 0.5) is 0 Å². The molecular formula is C18H26O3. The first-order valence-corrected chi connectivity index (χ1v) is 8.16. The molecule has 2 saturated heterocycles. The lowest BCUT2D eigenvalue weighted by molar-refractivity contribution is -0.155. The van der Waals surface area contributed by atoms with Gasteiger partial charge in [-0.1, -0.05) is 32.0 Å². The maximum Gasteiger partial charge on any atom is 0.123 e. The summed E-state index contributed by atoms with van der Waals surface area (Å²) in [6.07, 6.45) is 4.23. The van der Waals surface area contributed by atoms with Crippen molar-refractivity contribution in [2.24, 2.45) is 0 Å². The SMILES string of the molecule is CC(C)c1ccccc1OC1CCOC2(CCOCC2)C1. The Morgan fingerprint density at radius 1 is 1.14 bits per heavy atom. The Bertz CT molecular complexity index is 458. The second kappa shape index (κ2) is 6.37. The zero-order valence-corrected chi connectivity index (χ0v) is 13.1. The fourth-order valence-corrected chi connectivity index (χ4v) is 3.42. The van der Waals surface area contributed by atoms with E-state index < -0.39 is 0 Å². The molecule has 0 aliphatic carbocycles. The van der Waals surface area contributed by atoms with Gasteiger partial charge in [0.15, 0.2) is 0 Å². The smallest absolute Gasteiger partial charge is 0.123 e. The highest BCUT2D eigenvalue weighted by molar-refractivity contribution is 5.35. The molecular weight excluding hydrogens is 264 g/mol. The molecule has 2 aliphatic rings. The minimum atomic E-state index is -0.00601. The van der Waals surface area contributed by atoms with Crippen LogP contribution in [-0.2, 0) is 9.47 Å². The molecule has 0 saturated carbocycles. The van der Waals surface area contributed by atoms with Crippen LogP contribution in [0.3, 0.4) is 0 Å². The van der Waals surface area contributed by atoms with E-state index in [1.165, 1.54) is 5.56 Å². The standard InChI is InChI=1S/C18H26O3/c1-14(2)16-5-3-4-6-17(16)21-15-7-10-20-18(13-15)8-11-19-12-9-18/h3-6,14-15H,7-13H2,1-2H3. The van der Waals surface area contributed by atoms with Gasteiger partial charge in [0.2, 0.25) is 0 Å². The number of hydrogen-bond acceptors (Lipinski definition) is 3. The quantitative estimate of drug-likeness (QED) is 0.844. The molecule has 2 fully saturated rings. The summed E-state index contributed by atoms with van der Waals surface area (Å²) < 4.78 is 17.9. The van der Waals surface area contributed by atoms with Gasteiger partial charge in [0.1, 0.15) is 11.9 Å². The normalized spacial score (nSPS) is 25.2. The summed E-state index contributed by atoms with van der Waals surface area (Å²) in [5.74, 6) is 1.53. The lowest BCUT2D eigenvalue weighted by Crippen LogP contribution is -2.47. The van der Waals surface area contributed by atoms with Crippen molar-refractivity contribution in [3.8, 4) is 5.75 Å². The molecule has 2 heterocycles. The summed E-state index contributed by atoms with van der Waals surface area (Å²) in [5, 5.41) is 0. The van der Waals surface area contributed by atoms with Crippen molar-refractivity contribution in [1.29, 1.82) is 0 Å². The topological polar surface area (TPSA) is 27.7 Å². The molecule has 1 aromatic carbocycles. The number of para-hydroxylation sites is 1. The molecule has 0 radical (unpaired) electrons. The maximum atomic E-state index is 6.35. The van der Waals surface area contributed by atoms with E-state index in [1.54, 1.807) is 0 Å². The third-order valence-corrected chi connectivity index (χ3v) is 4.69. The number of benzene rings is 1. The molecule has 1 spiro atoms. The Kier molecular flexibility index (Phi) is 4.51. The van der Waals surface area contributed by atoms with Gasteiger partial charge in [0, 0.05) is 26.1 Å². The second-order valence-corrected chi connectivity index (χ2v) is 6.57. The molecule has 0 bridgehead atoms. The Morgan fingerprint density at radius 3 is 2.67 bits per heavy atom. The van der Waals surface area contributed by atoms with Gasteiger partial charge in [-0.2, -0.15) is 0 Å². The van der Waals surface area contributed by atoms with Crippen molar-refractivity contribution >= 4 is 0 Å². The lowest BCUT2D eigenvalue weighted by Gasteiger charge is -2.43. The summed E-state index contributed by atoms with van der Waals surface area (Å²) in [6, 6.07) is 8.42. The molecule has 2 aliphatic heterocycles. The molecule has 0 N–H and O–H groups in total. The summed E-state index contributed by atoms with van der Waals surface area (Å²) in [7, 11) is 0. The molecule has 21 heavy (non-hydrogen) atoms. The predicted octanol–water partition coefficient (Wildman–Crippen LogP) is 3.92. The largest absolute Gasteiger partial charge is 0.490 e. The van der Waals surface area contributed by atoms with Crippen LogP contribution in [0, 0.1) is 0 Å². The van der Waals surface area contributed by atoms with Crippen LogP contribution in [0.1, 0.15) is 51.0 Å². The third kappa shape index (κ3) is 3.41. The Balaban J connectivity index is 1.70. The highest BCUT2D eigenvalue weighted by atomic mass is 16.5. The summed E-state index contributed by atoms with van der Waals surface area (Å²) in [4.78, 5) is 0. The first-order chi connectivity index (χ1) is 10.2. The van der Waals surface area contributed by atoms with Crippen molar-refractivity contribution in [2.45, 2.75) is 57.2 Å². The van der Waals surface area contributed by atoms with E-state index in [0.717, 1.165) is 51.3 Å². The number of ether oxygens (including phenoxy) is 3. The minimum Gasteiger partial charge on any atom is -0.490 e. The van der Waals surface area contributed by atoms with Gasteiger partial charge in [0.05, 0.1) is 12.2 Å². The highest BCUT2D eigenvalue weighted by Gasteiger charge is 2.40. The van der Waals surface area contributed by atoms with Crippen LogP contribution in [0.25, 0.3) is 0 Å². The molecule has 0 amide bonds. The molecule has 116 valence electrons. The molecule has 3 rings (SSSR count). The van der Waals surface area contributed by atoms with Crippen LogP contribution in [-0.4, -0.2) is 31.5 Å². The van der Waals surface area contributed by atoms with Gasteiger partial charge in [-0.15, -0.1) is 0 Å². The van der Waals surface area contributed by atoms with Gasteiger partial charge in [-0.05, 0) is 30.4 Å². The first kappa shape index (κ1) is 14.9. The van der Waals surface area contributed by atoms with Gasteiger partial charge in [-0.25, -0.2) is 0 Å². The van der Waals surface area contributed by atoms with Crippen LogP contribution >= 0.6 is 0 Å². The molecule has 3 nitrogen and oxygen atoms in total. The molecule has 1 atom stereocenters. The van der Waals surface area contributed by atoms with Gasteiger partial charge in [-0.3, -0.25) is 0 Å². The van der Waals surface area contributed by atoms with Crippen molar-refractivity contribution in [1.82, 2.24) is 0 Å². The minimum absolute atomic E-state index is 0.00601. The Morgan fingerprint density at radius 2 is 1.90 bits per heavy atom. The van der Waals surface area contributed by atoms with E-state index >= 15 is 0 Å². The van der Waals surface area contributed by atoms with E-state index in [1.807, 2.05) is 0 Å². The van der Waals surface area contributed by atoms with Crippen molar-refractivity contribution in [2.75, 3.05) is 19.8 Å². The number of rotatable bonds is 3. The van der Waals surface area contributed by atoms with E-state index in [2.05, 4.69) is 38.1 Å². The van der Waals surface area contributed by atoms with Crippen LogP contribution in [0.5, 0.6) is 5.75 Å². The van der Waals surface area contributed by atoms with E-state index in [0.29, 0.717) is 5.92 Å². The molecule has 1 aromatic rings. The lowest BCUT2D eigenvalue weighted by atomic mass is 9.85. The molecule has 3 heteroatoms. The average molecular weight is 290 g/mol. The van der Waals surface area contributed by atoms with Crippen LogP contribution in [0.2, 0.25) is 0 Å². The van der Waals surface area contributed by atoms with E-state index in [-0.39, 0.29) is 11.7 Å². The molecule has 1 unspecified atom stereocenters. The Hall–Kier alpha value is -1.06. The summed E-state index contributed by atoms with van der Waals surface area (Å²) >= 11 is 0. The Labute approximate surface area is 127 Å². The maximum absolute atomic E-state index is 6.35. The van der Waals surface area contributed by atoms with Gasteiger partial charge < -0.3 is 14.2 Å². The summed E-state index contributed by atoms with van der Waals surface area (Å²) in [5.41, 5.74) is 1.29. The van der Waals surface area contributed by atoms with E-state index in [9.17, 15) is 0 Å². The number of hydrogen-bond donors (Lipinski definition) is 0. The van der Waals surface area contributed by atoms with Crippen LogP contribution in [0.15, 0.2) is 24.3 Å². The predicted molar refractivity (Wildman–Crippen MR) is 82.9 cm³/mol. The summed E-state index contributed by atoms with van der Waals surface area (Å²) in [6.45, 7) is 6.86. The van der Waals surface area contributed by atoms with Crippen molar-refractivity contribution in [3.05, 3.63) is 29.8 Å². The zero-order valence-electron chi connectivity index (χ0n) is 13.1. The molecule has 0 aromatic heterocycles. The van der Waals surface area contributed by atoms with Crippen LogP contribution < -0.4 is 4.74 Å². The average Bonchev–Trinajstić information content (AvgIpc) is 2.48. The zero-order chi connectivity index (χ0) is 14.7. The fraction of sp³-hybridized carbons (Fsp3) is 0.667. The first-order valence-electron chi connectivity index (χ1n) is 8.16. The van der Waals surface area contributed by atoms with Gasteiger partial charge in [0.25, 0.3) is 0 Å². The van der Waals surface area contributed by atoms with Crippen molar-refractivity contribution in [3.63, 3.8) is 0 Å². The third-order valence-electron chi connectivity index (χ3n) is 4.69. The fourth-order valence-electron chi connectivity index (χ4n) is 3.42. The van der Waals surface area contributed by atoms with Gasteiger partial charge >= 0.3 is 0 Å². The van der Waals surface area contributed by atoms with E-state index in [4.69, 9.17) is 14.2 Å². The monoisotopic (exact) mass is 290 g/mol. The van der Waals surface area contributed by atoms with Crippen molar-refractivity contribution < 1.29 is 14.2 Å². The second-order valence-electron chi connectivity index (χ2n) is 6.57. The highest BCUT2D eigenvalue weighted by Crippen LogP contribution is 2.37.